The van der Waals surface area contributed by atoms with Crippen LogP contribution in [0.15, 0.2) is 48.5 Å². The molecule has 1 atom stereocenters. The van der Waals surface area contributed by atoms with Crippen molar-refractivity contribution in [2.45, 2.75) is 18.9 Å². The average Bonchev–Trinajstić information content (AvgIpc) is 2.46. The quantitative estimate of drug-likeness (QED) is 0.894. The SMILES string of the molecule is COc1ccc(CCC(O)c2ccc(Cl)cc2)cc1. The summed E-state index contributed by atoms with van der Waals surface area (Å²) in [5.41, 5.74) is 2.09. The van der Waals surface area contributed by atoms with E-state index in [0.29, 0.717) is 11.4 Å². The Bertz CT molecular complexity index is 505. The summed E-state index contributed by atoms with van der Waals surface area (Å²) in [7, 11) is 1.65. The van der Waals surface area contributed by atoms with Gasteiger partial charge in [-0.25, -0.2) is 0 Å². The Kier molecular flexibility index (Phi) is 4.83. The maximum atomic E-state index is 10.1. The smallest absolute Gasteiger partial charge is 0.118 e. The molecule has 2 rings (SSSR count). The van der Waals surface area contributed by atoms with Crippen LogP contribution >= 0.6 is 11.6 Å². The van der Waals surface area contributed by atoms with Crippen LogP contribution < -0.4 is 4.74 Å². The minimum Gasteiger partial charge on any atom is -0.497 e. The van der Waals surface area contributed by atoms with Crippen molar-refractivity contribution in [3.05, 3.63) is 64.7 Å². The Labute approximate surface area is 118 Å². The molecule has 0 heterocycles. The van der Waals surface area contributed by atoms with Crippen LogP contribution in [0.1, 0.15) is 23.7 Å². The Morgan fingerprint density at radius 1 is 1.05 bits per heavy atom. The van der Waals surface area contributed by atoms with Gasteiger partial charge in [0.15, 0.2) is 0 Å². The lowest BCUT2D eigenvalue weighted by molar-refractivity contribution is 0.168. The molecule has 0 fully saturated rings. The summed E-state index contributed by atoms with van der Waals surface area (Å²) < 4.78 is 5.11. The molecule has 2 aromatic rings. The topological polar surface area (TPSA) is 29.5 Å². The van der Waals surface area contributed by atoms with E-state index in [1.165, 1.54) is 5.56 Å². The summed E-state index contributed by atoms with van der Waals surface area (Å²) in [6, 6.07) is 15.2. The molecule has 0 aromatic heterocycles. The second-order valence-electron chi connectivity index (χ2n) is 4.45. The molecule has 0 aliphatic heterocycles. The largest absolute Gasteiger partial charge is 0.497 e. The van der Waals surface area contributed by atoms with E-state index in [0.717, 1.165) is 17.7 Å². The van der Waals surface area contributed by atoms with Crippen molar-refractivity contribution in [2.24, 2.45) is 0 Å². The van der Waals surface area contributed by atoms with Gasteiger partial charge in [0, 0.05) is 5.02 Å². The van der Waals surface area contributed by atoms with E-state index in [-0.39, 0.29) is 0 Å². The number of hydrogen-bond acceptors (Lipinski definition) is 2. The molecule has 2 aromatic carbocycles. The molecule has 1 unspecified atom stereocenters. The van der Waals surface area contributed by atoms with Gasteiger partial charge in [0.05, 0.1) is 13.2 Å². The molecule has 2 nitrogen and oxygen atoms in total. The number of aliphatic hydroxyl groups is 1. The summed E-state index contributed by atoms with van der Waals surface area (Å²) in [4.78, 5) is 0. The Hall–Kier alpha value is -1.51. The molecule has 0 aliphatic carbocycles. The fourth-order valence-electron chi connectivity index (χ4n) is 1.95. The molecule has 0 amide bonds. The lowest BCUT2D eigenvalue weighted by atomic mass is 10.0. The van der Waals surface area contributed by atoms with Gasteiger partial charge in [-0.2, -0.15) is 0 Å². The second kappa shape index (κ2) is 6.60. The van der Waals surface area contributed by atoms with Crippen LogP contribution in [-0.2, 0) is 6.42 Å². The standard InChI is InChI=1S/C16H17ClO2/c1-19-15-9-2-12(3-10-15)4-11-16(18)13-5-7-14(17)8-6-13/h2-3,5-10,16,18H,4,11H2,1H3. The van der Waals surface area contributed by atoms with Crippen LogP contribution in [0.25, 0.3) is 0 Å². The Morgan fingerprint density at radius 3 is 2.26 bits per heavy atom. The number of aryl methyl sites for hydroxylation is 1. The third-order valence-corrected chi connectivity index (χ3v) is 3.37. The highest BCUT2D eigenvalue weighted by Crippen LogP contribution is 2.21. The van der Waals surface area contributed by atoms with Crippen molar-refractivity contribution >= 4 is 11.6 Å². The fraction of sp³-hybridized carbons (Fsp3) is 0.250. The van der Waals surface area contributed by atoms with Gasteiger partial charge in [-0.1, -0.05) is 35.9 Å². The summed E-state index contributed by atoms with van der Waals surface area (Å²) in [5.74, 6) is 0.849. The fourth-order valence-corrected chi connectivity index (χ4v) is 2.07. The van der Waals surface area contributed by atoms with Crippen molar-refractivity contribution in [3.63, 3.8) is 0 Å². The molecule has 1 N–H and O–H groups in total. The minimum absolute atomic E-state index is 0.459. The molecule has 3 heteroatoms. The third-order valence-electron chi connectivity index (χ3n) is 3.12. The molecular formula is C16H17ClO2. The monoisotopic (exact) mass is 276 g/mol. The summed E-state index contributed by atoms with van der Waals surface area (Å²) in [5, 5.41) is 10.8. The molecule has 19 heavy (non-hydrogen) atoms. The molecular weight excluding hydrogens is 260 g/mol. The Balaban J connectivity index is 1.92. The lowest BCUT2D eigenvalue weighted by Gasteiger charge is -2.11. The van der Waals surface area contributed by atoms with E-state index < -0.39 is 6.10 Å². The lowest BCUT2D eigenvalue weighted by Crippen LogP contribution is -1.99. The normalized spacial score (nSPS) is 12.2. The first-order chi connectivity index (χ1) is 9.19. The van der Waals surface area contributed by atoms with Crippen LogP contribution in [0.4, 0.5) is 0 Å². The molecule has 0 saturated heterocycles. The van der Waals surface area contributed by atoms with Gasteiger partial charge in [-0.05, 0) is 48.2 Å². The first kappa shape index (κ1) is 13.9. The number of methoxy groups -OCH3 is 1. The van der Waals surface area contributed by atoms with E-state index in [2.05, 4.69) is 0 Å². The van der Waals surface area contributed by atoms with E-state index in [9.17, 15) is 5.11 Å². The van der Waals surface area contributed by atoms with Crippen LogP contribution in [0.5, 0.6) is 5.75 Å². The Morgan fingerprint density at radius 2 is 1.68 bits per heavy atom. The van der Waals surface area contributed by atoms with Crippen molar-refractivity contribution in [3.8, 4) is 5.75 Å². The maximum Gasteiger partial charge on any atom is 0.118 e. The first-order valence-corrected chi connectivity index (χ1v) is 6.63. The van der Waals surface area contributed by atoms with Gasteiger partial charge in [0.25, 0.3) is 0 Å². The molecule has 0 spiro atoms. The predicted octanol–water partition coefficient (Wildman–Crippen LogP) is 4.01. The summed E-state index contributed by atoms with van der Waals surface area (Å²) in [6.07, 6.45) is 1.06. The van der Waals surface area contributed by atoms with Crippen LogP contribution in [0.3, 0.4) is 0 Å². The van der Waals surface area contributed by atoms with Gasteiger partial charge in [0.2, 0.25) is 0 Å². The number of aliphatic hydroxyl groups excluding tert-OH is 1. The molecule has 100 valence electrons. The van der Waals surface area contributed by atoms with Crippen molar-refractivity contribution in [1.82, 2.24) is 0 Å². The molecule has 0 saturated carbocycles. The zero-order valence-electron chi connectivity index (χ0n) is 10.8. The van der Waals surface area contributed by atoms with Crippen molar-refractivity contribution < 1.29 is 9.84 Å². The van der Waals surface area contributed by atoms with Gasteiger partial charge >= 0.3 is 0 Å². The summed E-state index contributed by atoms with van der Waals surface area (Å²) in [6.45, 7) is 0. The van der Waals surface area contributed by atoms with Crippen LogP contribution in [-0.4, -0.2) is 12.2 Å². The average molecular weight is 277 g/mol. The number of rotatable bonds is 5. The number of benzene rings is 2. The number of hydrogen-bond donors (Lipinski definition) is 1. The maximum absolute atomic E-state index is 10.1. The zero-order valence-corrected chi connectivity index (χ0v) is 11.6. The van der Waals surface area contributed by atoms with Gasteiger partial charge < -0.3 is 9.84 Å². The highest BCUT2D eigenvalue weighted by molar-refractivity contribution is 6.30. The summed E-state index contributed by atoms with van der Waals surface area (Å²) >= 11 is 5.82. The van der Waals surface area contributed by atoms with E-state index in [1.807, 2.05) is 36.4 Å². The minimum atomic E-state index is -0.459. The van der Waals surface area contributed by atoms with Gasteiger partial charge in [-0.15, -0.1) is 0 Å². The van der Waals surface area contributed by atoms with Crippen molar-refractivity contribution in [2.75, 3.05) is 7.11 Å². The predicted molar refractivity (Wildman–Crippen MR) is 77.7 cm³/mol. The molecule has 0 radical (unpaired) electrons. The van der Waals surface area contributed by atoms with Crippen LogP contribution in [0.2, 0.25) is 5.02 Å². The zero-order chi connectivity index (χ0) is 13.7. The highest BCUT2D eigenvalue weighted by atomic mass is 35.5. The van der Waals surface area contributed by atoms with Crippen LogP contribution in [0, 0.1) is 0 Å². The van der Waals surface area contributed by atoms with E-state index in [1.54, 1.807) is 19.2 Å². The second-order valence-corrected chi connectivity index (χ2v) is 4.89. The highest BCUT2D eigenvalue weighted by Gasteiger charge is 2.07. The van der Waals surface area contributed by atoms with Gasteiger partial charge in [-0.3, -0.25) is 0 Å². The third kappa shape index (κ3) is 3.98. The molecule has 0 bridgehead atoms. The number of halogens is 1. The molecule has 0 aliphatic rings. The number of ether oxygens (including phenoxy) is 1. The van der Waals surface area contributed by atoms with Crippen molar-refractivity contribution in [1.29, 1.82) is 0 Å². The van der Waals surface area contributed by atoms with E-state index >= 15 is 0 Å². The van der Waals surface area contributed by atoms with E-state index in [4.69, 9.17) is 16.3 Å². The van der Waals surface area contributed by atoms with Gasteiger partial charge in [0.1, 0.15) is 5.75 Å². The first-order valence-electron chi connectivity index (χ1n) is 6.25.